The predicted molar refractivity (Wildman–Crippen MR) is 77.6 cm³/mol. The van der Waals surface area contributed by atoms with Crippen molar-refractivity contribution in [3.8, 4) is 0 Å². The Morgan fingerprint density at radius 3 is 2.47 bits per heavy atom. The van der Waals surface area contributed by atoms with E-state index in [4.69, 9.17) is 34.8 Å². The number of benzene rings is 1. The first kappa shape index (κ1) is 14.4. The minimum atomic E-state index is 0.442. The van der Waals surface area contributed by atoms with Gasteiger partial charge in [0.15, 0.2) is 0 Å². The second-order valence-corrected chi connectivity index (χ2v) is 4.60. The topological polar surface area (TPSA) is 24.4 Å². The third kappa shape index (κ3) is 4.99. The molecule has 0 saturated heterocycles. The van der Waals surface area contributed by atoms with Crippen molar-refractivity contribution in [2.24, 2.45) is 5.10 Å². The monoisotopic (exact) mass is 290 g/mol. The van der Waals surface area contributed by atoms with Gasteiger partial charge in [0.2, 0.25) is 0 Å². The zero-order valence-corrected chi connectivity index (χ0v) is 11.6. The number of rotatable bonds is 5. The van der Waals surface area contributed by atoms with Crippen molar-refractivity contribution in [3.63, 3.8) is 0 Å². The zero-order valence-electron chi connectivity index (χ0n) is 9.38. The van der Waals surface area contributed by atoms with Gasteiger partial charge in [-0.05, 0) is 24.6 Å². The molecule has 0 aromatic heterocycles. The highest BCUT2D eigenvalue weighted by atomic mass is 35.5. The van der Waals surface area contributed by atoms with E-state index in [1.165, 1.54) is 0 Å². The molecule has 17 heavy (non-hydrogen) atoms. The third-order valence-corrected chi connectivity index (χ3v) is 2.75. The van der Waals surface area contributed by atoms with Gasteiger partial charge in [0.25, 0.3) is 0 Å². The molecule has 0 aliphatic rings. The molecule has 0 aliphatic carbocycles. The van der Waals surface area contributed by atoms with Crippen molar-refractivity contribution in [3.05, 3.63) is 39.4 Å². The Morgan fingerprint density at radius 1 is 1.24 bits per heavy atom. The summed E-state index contributed by atoms with van der Waals surface area (Å²) in [5.41, 5.74) is 3.33. The van der Waals surface area contributed by atoms with E-state index < -0.39 is 0 Å². The second kappa shape index (κ2) is 7.59. The Bertz CT molecular complexity index is 405. The van der Waals surface area contributed by atoms with Gasteiger partial charge in [-0.15, -0.1) is 0 Å². The smallest absolute Gasteiger partial charge is 0.0935 e. The molecule has 2 nitrogen and oxygen atoms in total. The molecular formula is C12H13Cl3N2. The molecule has 5 heteroatoms. The van der Waals surface area contributed by atoms with Crippen LogP contribution >= 0.6 is 34.8 Å². The molecule has 0 amide bonds. The van der Waals surface area contributed by atoms with Crippen molar-refractivity contribution in [1.82, 2.24) is 0 Å². The summed E-state index contributed by atoms with van der Waals surface area (Å²) < 4.78 is 0. The molecule has 0 bridgehead atoms. The molecule has 1 N–H and O–H groups in total. The Morgan fingerprint density at radius 2 is 1.88 bits per heavy atom. The van der Waals surface area contributed by atoms with Crippen LogP contribution in [0.5, 0.6) is 0 Å². The highest BCUT2D eigenvalue weighted by molar-refractivity contribution is 6.41. The van der Waals surface area contributed by atoms with Gasteiger partial charge >= 0.3 is 0 Å². The first-order valence-corrected chi connectivity index (χ1v) is 6.37. The third-order valence-electron chi connectivity index (χ3n) is 1.94. The number of hydrazone groups is 1. The number of nitrogens with zero attached hydrogens (tertiary/aromatic N) is 1. The van der Waals surface area contributed by atoms with E-state index in [0.717, 1.165) is 12.8 Å². The Hall–Kier alpha value is -0.700. The van der Waals surface area contributed by atoms with Gasteiger partial charge in [0.1, 0.15) is 0 Å². The maximum atomic E-state index is 5.97. The highest BCUT2D eigenvalue weighted by Crippen LogP contribution is 2.33. The van der Waals surface area contributed by atoms with E-state index in [1.807, 2.05) is 12.2 Å². The number of hydrogen-bond acceptors (Lipinski definition) is 2. The minimum Gasteiger partial charge on any atom is -0.275 e. The van der Waals surface area contributed by atoms with Gasteiger partial charge in [-0.25, -0.2) is 0 Å². The Balaban J connectivity index is 2.63. The van der Waals surface area contributed by atoms with Crippen LogP contribution in [0.15, 0.2) is 29.4 Å². The van der Waals surface area contributed by atoms with Crippen molar-refractivity contribution in [2.45, 2.75) is 19.8 Å². The molecule has 92 valence electrons. The Kier molecular flexibility index (Phi) is 6.41. The summed E-state index contributed by atoms with van der Waals surface area (Å²) in [6, 6.07) is 3.22. The van der Waals surface area contributed by atoms with Crippen molar-refractivity contribution in [2.75, 3.05) is 5.43 Å². The molecule has 0 fully saturated rings. The molecule has 1 aromatic rings. The fourth-order valence-corrected chi connectivity index (χ4v) is 2.02. The lowest BCUT2D eigenvalue weighted by Gasteiger charge is -2.05. The van der Waals surface area contributed by atoms with E-state index >= 15 is 0 Å². The molecular weight excluding hydrogens is 279 g/mol. The van der Waals surface area contributed by atoms with Crippen molar-refractivity contribution < 1.29 is 0 Å². The maximum absolute atomic E-state index is 5.97. The van der Waals surface area contributed by atoms with E-state index in [-0.39, 0.29) is 0 Å². The summed E-state index contributed by atoms with van der Waals surface area (Å²) in [7, 11) is 0. The zero-order chi connectivity index (χ0) is 12.7. The van der Waals surface area contributed by atoms with Gasteiger partial charge in [-0.3, -0.25) is 5.43 Å². The first-order valence-electron chi connectivity index (χ1n) is 5.24. The van der Waals surface area contributed by atoms with Crippen LogP contribution in [0, 0.1) is 0 Å². The van der Waals surface area contributed by atoms with Gasteiger partial charge in [0.05, 0.1) is 15.7 Å². The molecule has 1 rings (SSSR count). The second-order valence-electron chi connectivity index (χ2n) is 3.35. The van der Waals surface area contributed by atoms with E-state index in [2.05, 4.69) is 17.5 Å². The first-order chi connectivity index (χ1) is 8.15. The van der Waals surface area contributed by atoms with Gasteiger partial charge in [-0.2, -0.15) is 5.10 Å². The molecule has 0 saturated carbocycles. The van der Waals surface area contributed by atoms with Crippen LogP contribution in [0.25, 0.3) is 0 Å². The van der Waals surface area contributed by atoms with Crippen LogP contribution in [-0.2, 0) is 0 Å². The van der Waals surface area contributed by atoms with Crippen LogP contribution in [0.2, 0.25) is 15.1 Å². The fraction of sp³-hybridized carbons (Fsp3) is 0.250. The molecule has 0 heterocycles. The molecule has 0 aliphatic heterocycles. The van der Waals surface area contributed by atoms with Gasteiger partial charge in [0, 0.05) is 11.2 Å². The largest absolute Gasteiger partial charge is 0.275 e. The lowest BCUT2D eigenvalue weighted by atomic mass is 10.3. The average molecular weight is 292 g/mol. The number of allylic oxidation sites excluding steroid dienone is 2. The lowest BCUT2D eigenvalue weighted by molar-refractivity contribution is 0.960. The van der Waals surface area contributed by atoms with E-state index in [1.54, 1.807) is 18.3 Å². The number of hydrogen-bond donors (Lipinski definition) is 1. The maximum Gasteiger partial charge on any atom is 0.0935 e. The summed E-state index contributed by atoms with van der Waals surface area (Å²) in [6.45, 7) is 2.12. The van der Waals surface area contributed by atoms with Crippen LogP contribution in [0.1, 0.15) is 19.8 Å². The van der Waals surface area contributed by atoms with Crippen LogP contribution in [0.3, 0.4) is 0 Å². The summed E-state index contributed by atoms with van der Waals surface area (Å²) in [5.74, 6) is 0. The molecule has 0 spiro atoms. The standard InChI is InChI=1S/C12H13Cl3N2/c1-2-3-4-5-6-16-17-12-10(14)7-9(13)8-11(12)15/h4-8,17H,2-3H2,1H3/b5-4+,16-6?. The summed E-state index contributed by atoms with van der Waals surface area (Å²) in [6.07, 6.45) is 7.71. The van der Waals surface area contributed by atoms with Gasteiger partial charge < -0.3 is 0 Å². The lowest BCUT2D eigenvalue weighted by Crippen LogP contribution is -1.90. The highest BCUT2D eigenvalue weighted by Gasteiger charge is 2.06. The van der Waals surface area contributed by atoms with Crippen LogP contribution in [0.4, 0.5) is 5.69 Å². The summed E-state index contributed by atoms with van der Waals surface area (Å²) >= 11 is 17.7. The van der Waals surface area contributed by atoms with Crippen molar-refractivity contribution >= 4 is 46.7 Å². The molecule has 1 aromatic carbocycles. The Labute approximate surface area is 116 Å². The normalized spacial score (nSPS) is 11.5. The molecule has 0 radical (unpaired) electrons. The number of anilines is 1. The minimum absolute atomic E-state index is 0.442. The van der Waals surface area contributed by atoms with E-state index in [9.17, 15) is 0 Å². The van der Waals surface area contributed by atoms with Crippen LogP contribution < -0.4 is 5.43 Å². The SMILES string of the molecule is CCC/C=C/C=NNc1c(Cl)cc(Cl)cc1Cl. The molecule has 0 unspecified atom stereocenters. The number of halogens is 3. The quantitative estimate of drug-likeness (QED) is 0.570. The van der Waals surface area contributed by atoms with E-state index in [0.29, 0.717) is 20.8 Å². The number of nitrogens with one attached hydrogen (secondary N) is 1. The summed E-state index contributed by atoms with van der Waals surface area (Å²) in [4.78, 5) is 0. The predicted octanol–water partition coefficient (Wildman–Crippen LogP) is 5.40. The molecule has 0 atom stereocenters. The van der Waals surface area contributed by atoms with Gasteiger partial charge in [-0.1, -0.05) is 54.2 Å². The van der Waals surface area contributed by atoms with Crippen LogP contribution in [-0.4, -0.2) is 6.21 Å². The average Bonchev–Trinajstić information content (AvgIpc) is 2.26. The van der Waals surface area contributed by atoms with Crippen molar-refractivity contribution in [1.29, 1.82) is 0 Å². The fourth-order valence-electron chi connectivity index (χ4n) is 1.12. The summed E-state index contributed by atoms with van der Waals surface area (Å²) in [5, 5.41) is 5.37. The number of unbranched alkanes of at least 4 members (excludes halogenated alkanes) is 1.